The summed E-state index contributed by atoms with van der Waals surface area (Å²) < 4.78 is 4.66. The number of carbonyl (C=O) groups excluding carboxylic acids is 1. The third-order valence-electron chi connectivity index (χ3n) is 2.07. The lowest BCUT2D eigenvalue weighted by atomic mass is 10.0. The van der Waals surface area contributed by atoms with Crippen molar-refractivity contribution in [2.24, 2.45) is 11.7 Å². The average molecular weight is 201 g/mol. The summed E-state index contributed by atoms with van der Waals surface area (Å²) >= 11 is 0. The molecular formula is C9H19N3O2. The van der Waals surface area contributed by atoms with Crippen molar-refractivity contribution in [3.8, 4) is 0 Å². The monoisotopic (exact) mass is 201 g/mol. The van der Waals surface area contributed by atoms with Gasteiger partial charge in [0.05, 0.1) is 13.0 Å². The summed E-state index contributed by atoms with van der Waals surface area (Å²) in [6.07, 6.45) is 2.36. The molecule has 0 aliphatic heterocycles. The molecule has 0 saturated heterocycles. The van der Waals surface area contributed by atoms with Crippen molar-refractivity contribution in [1.82, 2.24) is 5.32 Å². The van der Waals surface area contributed by atoms with Crippen LogP contribution in [0.4, 0.5) is 0 Å². The van der Waals surface area contributed by atoms with Crippen molar-refractivity contribution in [2.75, 3.05) is 13.7 Å². The largest absolute Gasteiger partial charge is 0.469 e. The zero-order valence-corrected chi connectivity index (χ0v) is 8.80. The van der Waals surface area contributed by atoms with Gasteiger partial charge in [0.2, 0.25) is 0 Å². The van der Waals surface area contributed by atoms with Crippen LogP contribution in [-0.2, 0) is 9.53 Å². The maximum atomic E-state index is 11.2. The number of carbonyl (C=O) groups is 1. The lowest BCUT2D eigenvalue weighted by molar-refractivity contribution is -0.145. The number of hydrogen-bond acceptors (Lipinski definition) is 3. The van der Waals surface area contributed by atoms with E-state index in [0.717, 1.165) is 19.3 Å². The molecular weight excluding hydrogens is 182 g/mol. The molecule has 82 valence electrons. The van der Waals surface area contributed by atoms with Gasteiger partial charge in [0.15, 0.2) is 5.96 Å². The first kappa shape index (κ1) is 12.7. The summed E-state index contributed by atoms with van der Waals surface area (Å²) in [4.78, 5) is 11.2. The van der Waals surface area contributed by atoms with E-state index in [1.54, 1.807) is 0 Å². The molecule has 5 nitrogen and oxygen atoms in total. The van der Waals surface area contributed by atoms with Gasteiger partial charge in [-0.3, -0.25) is 10.2 Å². The number of guanidine groups is 1. The fraction of sp³-hybridized carbons (Fsp3) is 0.778. The predicted molar refractivity (Wildman–Crippen MR) is 54.9 cm³/mol. The lowest BCUT2D eigenvalue weighted by Gasteiger charge is -2.11. The van der Waals surface area contributed by atoms with Gasteiger partial charge in [0.25, 0.3) is 0 Å². The molecule has 0 spiro atoms. The summed E-state index contributed by atoms with van der Waals surface area (Å²) in [5, 5.41) is 9.61. The van der Waals surface area contributed by atoms with E-state index >= 15 is 0 Å². The third kappa shape index (κ3) is 5.40. The smallest absolute Gasteiger partial charge is 0.308 e. The SMILES string of the molecule is CC[C@@H](CCCNC(=N)N)C(=O)OC. The Morgan fingerprint density at radius 1 is 1.64 bits per heavy atom. The van der Waals surface area contributed by atoms with Gasteiger partial charge in [0.1, 0.15) is 0 Å². The van der Waals surface area contributed by atoms with E-state index in [4.69, 9.17) is 11.1 Å². The molecule has 1 atom stereocenters. The maximum Gasteiger partial charge on any atom is 0.308 e. The zero-order chi connectivity index (χ0) is 11.0. The Labute approximate surface area is 84.5 Å². The number of hydrogen-bond donors (Lipinski definition) is 3. The Morgan fingerprint density at radius 3 is 2.71 bits per heavy atom. The second-order valence-corrected chi connectivity index (χ2v) is 3.11. The van der Waals surface area contributed by atoms with Crippen molar-refractivity contribution in [3.63, 3.8) is 0 Å². The second-order valence-electron chi connectivity index (χ2n) is 3.11. The second kappa shape index (κ2) is 7.17. The molecule has 0 aliphatic carbocycles. The van der Waals surface area contributed by atoms with Gasteiger partial charge >= 0.3 is 5.97 Å². The first-order valence-corrected chi connectivity index (χ1v) is 4.77. The zero-order valence-electron chi connectivity index (χ0n) is 8.80. The van der Waals surface area contributed by atoms with Crippen LogP contribution in [0.5, 0.6) is 0 Å². The number of methoxy groups -OCH3 is 1. The van der Waals surface area contributed by atoms with Crippen LogP contribution in [0, 0.1) is 11.3 Å². The summed E-state index contributed by atoms with van der Waals surface area (Å²) in [6.45, 7) is 2.59. The van der Waals surface area contributed by atoms with Gasteiger partial charge in [-0.15, -0.1) is 0 Å². The molecule has 0 bridgehead atoms. The number of nitrogens with two attached hydrogens (primary N) is 1. The van der Waals surface area contributed by atoms with Crippen molar-refractivity contribution >= 4 is 11.9 Å². The van der Waals surface area contributed by atoms with Crippen molar-refractivity contribution in [3.05, 3.63) is 0 Å². The van der Waals surface area contributed by atoms with E-state index in [1.807, 2.05) is 6.92 Å². The van der Waals surface area contributed by atoms with Gasteiger partial charge in [-0.25, -0.2) is 0 Å². The quantitative estimate of drug-likeness (QED) is 0.252. The molecule has 0 saturated carbocycles. The van der Waals surface area contributed by atoms with E-state index in [2.05, 4.69) is 10.1 Å². The van der Waals surface area contributed by atoms with Gasteiger partial charge < -0.3 is 15.8 Å². The van der Waals surface area contributed by atoms with E-state index in [1.165, 1.54) is 7.11 Å². The molecule has 14 heavy (non-hydrogen) atoms. The fourth-order valence-corrected chi connectivity index (χ4v) is 1.23. The van der Waals surface area contributed by atoms with Crippen LogP contribution in [0.15, 0.2) is 0 Å². The number of rotatable bonds is 6. The average Bonchev–Trinajstić information content (AvgIpc) is 2.16. The van der Waals surface area contributed by atoms with Crippen LogP contribution < -0.4 is 11.1 Å². The molecule has 0 unspecified atom stereocenters. The van der Waals surface area contributed by atoms with Crippen LogP contribution in [0.3, 0.4) is 0 Å². The van der Waals surface area contributed by atoms with Gasteiger partial charge in [-0.2, -0.15) is 0 Å². The fourth-order valence-electron chi connectivity index (χ4n) is 1.23. The minimum Gasteiger partial charge on any atom is -0.469 e. The van der Waals surface area contributed by atoms with Crippen molar-refractivity contribution in [1.29, 1.82) is 5.41 Å². The molecule has 4 N–H and O–H groups in total. The molecule has 0 rings (SSSR count). The van der Waals surface area contributed by atoms with E-state index in [0.29, 0.717) is 6.54 Å². The minimum atomic E-state index is -0.157. The highest BCUT2D eigenvalue weighted by Crippen LogP contribution is 2.11. The Kier molecular flexibility index (Phi) is 6.53. The highest BCUT2D eigenvalue weighted by atomic mass is 16.5. The molecule has 0 aromatic carbocycles. The van der Waals surface area contributed by atoms with Crippen molar-refractivity contribution in [2.45, 2.75) is 26.2 Å². The molecule has 0 aromatic rings. The molecule has 0 aromatic heterocycles. The molecule has 5 heteroatoms. The highest BCUT2D eigenvalue weighted by Gasteiger charge is 2.15. The van der Waals surface area contributed by atoms with E-state index in [-0.39, 0.29) is 17.8 Å². The lowest BCUT2D eigenvalue weighted by Crippen LogP contribution is -2.31. The van der Waals surface area contributed by atoms with Crippen molar-refractivity contribution < 1.29 is 9.53 Å². The normalized spacial score (nSPS) is 11.9. The van der Waals surface area contributed by atoms with Gasteiger partial charge in [-0.1, -0.05) is 6.92 Å². The highest BCUT2D eigenvalue weighted by molar-refractivity contribution is 5.74. The first-order chi connectivity index (χ1) is 6.61. The Balaban J connectivity index is 3.63. The summed E-state index contributed by atoms with van der Waals surface area (Å²) in [6, 6.07) is 0. The van der Waals surface area contributed by atoms with E-state index in [9.17, 15) is 4.79 Å². The topological polar surface area (TPSA) is 88.2 Å². The van der Waals surface area contributed by atoms with Crippen LogP contribution in [-0.4, -0.2) is 25.6 Å². The van der Waals surface area contributed by atoms with Gasteiger partial charge in [0, 0.05) is 6.54 Å². The Hall–Kier alpha value is -1.26. The molecule has 0 radical (unpaired) electrons. The van der Waals surface area contributed by atoms with Gasteiger partial charge in [-0.05, 0) is 19.3 Å². The number of esters is 1. The molecule has 0 aliphatic rings. The van der Waals surface area contributed by atoms with E-state index < -0.39 is 0 Å². The van der Waals surface area contributed by atoms with Crippen LogP contribution in [0.2, 0.25) is 0 Å². The standard InChI is InChI=1S/C9H19N3O2/c1-3-7(8(13)14-2)5-4-6-12-9(10)11/h7H,3-6H2,1-2H3,(H4,10,11,12)/t7-/m0/s1. The maximum absolute atomic E-state index is 11.2. The first-order valence-electron chi connectivity index (χ1n) is 4.77. The summed E-state index contributed by atoms with van der Waals surface area (Å²) in [5.74, 6) is -0.222. The van der Waals surface area contributed by atoms with Crippen LogP contribution in [0.25, 0.3) is 0 Å². The number of ether oxygens (including phenoxy) is 1. The minimum absolute atomic E-state index is 0.0314. The Morgan fingerprint density at radius 2 is 2.29 bits per heavy atom. The molecule has 0 amide bonds. The van der Waals surface area contributed by atoms with Crippen LogP contribution >= 0.6 is 0 Å². The summed E-state index contributed by atoms with van der Waals surface area (Å²) in [5.41, 5.74) is 5.11. The number of nitrogens with one attached hydrogen (secondary N) is 2. The Bertz CT molecular complexity index is 194. The summed E-state index contributed by atoms with van der Waals surface area (Å²) in [7, 11) is 1.40. The van der Waals surface area contributed by atoms with Crippen LogP contribution in [0.1, 0.15) is 26.2 Å². The third-order valence-corrected chi connectivity index (χ3v) is 2.07. The molecule has 0 fully saturated rings. The molecule has 0 heterocycles. The predicted octanol–water partition coefficient (Wildman–Crippen LogP) is 0.449.